The predicted molar refractivity (Wildman–Crippen MR) is 130 cm³/mol. The first-order valence-corrected chi connectivity index (χ1v) is 12.0. The lowest BCUT2D eigenvalue weighted by Crippen LogP contribution is -2.57. The van der Waals surface area contributed by atoms with Gasteiger partial charge in [0.1, 0.15) is 11.4 Å². The average Bonchev–Trinajstić information content (AvgIpc) is 3.54. The molecule has 0 radical (unpaired) electrons. The van der Waals surface area contributed by atoms with Crippen molar-refractivity contribution in [1.29, 1.82) is 0 Å². The van der Waals surface area contributed by atoms with Crippen molar-refractivity contribution >= 4 is 55.6 Å². The molecule has 34 heavy (non-hydrogen) atoms. The molecule has 0 spiro atoms. The Bertz CT molecular complexity index is 1200. The lowest BCUT2D eigenvalue weighted by molar-refractivity contribution is -0.157. The van der Waals surface area contributed by atoms with Crippen LogP contribution in [0.25, 0.3) is 0 Å². The van der Waals surface area contributed by atoms with Crippen LogP contribution in [0.5, 0.6) is 0 Å². The number of aromatic nitrogens is 4. The van der Waals surface area contributed by atoms with Gasteiger partial charge in [0.15, 0.2) is 5.95 Å². The Balaban J connectivity index is 1.53. The molecule has 1 fully saturated rings. The minimum atomic E-state index is -0.554. The van der Waals surface area contributed by atoms with Gasteiger partial charge in [-0.2, -0.15) is 0 Å². The second-order valence-electron chi connectivity index (χ2n) is 8.01. The van der Waals surface area contributed by atoms with E-state index < -0.39 is 11.9 Å². The summed E-state index contributed by atoms with van der Waals surface area (Å²) in [4.78, 5) is 50.7. The van der Waals surface area contributed by atoms with E-state index in [9.17, 15) is 14.4 Å². The normalized spacial score (nSPS) is 21.5. The number of H-pyrrole nitrogens is 3. The van der Waals surface area contributed by atoms with Crippen LogP contribution >= 0.6 is 31.9 Å². The third-order valence-corrected chi connectivity index (χ3v) is 7.00. The number of halogens is 2. The molecule has 0 saturated heterocycles. The van der Waals surface area contributed by atoms with E-state index in [4.69, 9.17) is 10.5 Å². The number of amides is 2. The Kier molecular flexibility index (Phi) is 7.12. The van der Waals surface area contributed by atoms with Gasteiger partial charge in [-0.25, -0.2) is 4.98 Å². The number of hydrogen-bond donors (Lipinski definition) is 6. The van der Waals surface area contributed by atoms with Crippen molar-refractivity contribution in [3.05, 3.63) is 56.8 Å². The SMILES string of the molecule is COC(=O)[C@H]1[C@H](CNC(=O)c2cc(Br)c[nH]2)[C@@H](CNC(=O)c2cc(Br)c[nH]2)[C@@H]1c1cnc(N)[nH]1. The van der Waals surface area contributed by atoms with Gasteiger partial charge >= 0.3 is 5.97 Å². The summed E-state index contributed by atoms with van der Waals surface area (Å²) >= 11 is 6.62. The van der Waals surface area contributed by atoms with Gasteiger partial charge in [0.05, 0.1) is 19.2 Å². The van der Waals surface area contributed by atoms with Crippen molar-refractivity contribution in [2.75, 3.05) is 25.9 Å². The molecule has 0 aliphatic heterocycles. The topological polar surface area (TPSA) is 171 Å². The van der Waals surface area contributed by atoms with Crippen LogP contribution < -0.4 is 16.4 Å². The summed E-state index contributed by atoms with van der Waals surface area (Å²) in [6.07, 6.45) is 4.91. The first kappa shape index (κ1) is 24.1. The molecule has 0 bridgehead atoms. The lowest BCUT2D eigenvalue weighted by atomic mass is 9.55. The van der Waals surface area contributed by atoms with E-state index in [0.29, 0.717) is 17.1 Å². The molecular formula is C21H23Br2N7O4. The van der Waals surface area contributed by atoms with Crippen LogP contribution in [0.3, 0.4) is 0 Å². The summed E-state index contributed by atoms with van der Waals surface area (Å²) in [5, 5.41) is 5.80. The zero-order valence-electron chi connectivity index (χ0n) is 18.0. The number of ether oxygens (including phenoxy) is 1. The molecule has 180 valence electrons. The number of anilines is 1. The fourth-order valence-electron chi connectivity index (χ4n) is 4.49. The van der Waals surface area contributed by atoms with E-state index in [2.05, 4.69) is 62.4 Å². The van der Waals surface area contributed by atoms with E-state index >= 15 is 0 Å². The number of rotatable bonds is 8. The number of hydrogen-bond acceptors (Lipinski definition) is 6. The van der Waals surface area contributed by atoms with Gasteiger partial charge in [-0.1, -0.05) is 0 Å². The number of carbonyl (C=O) groups excluding carboxylic acids is 3. The van der Waals surface area contributed by atoms with Crippen molar-refractivity contribution in [2.24, 2.45) is 17.8 Å². The van der Waals surface area contributed by atoms with Crippen LogP contribution in [0.4, 0.5) is 5.95 Å². The van der Waals surface area contributed by atoms with Crippen molar-refractivity contribution < 1.29 is 19.1 Å². The molecule has 1 aliphatic rings. The number of carbonyl (C=O) groups is 3. The number of nitrogens with two attached hydrogens (primary N) is 1. The number of nitrogens with one attached hydrogen (secondary N) is 5. The zero-order valence-corrected chi connectivity index (χ0v) is 21.2. The quantitative estimate of drug-likeness (QED) is 0.218. The Morgan fingerprint density at radius 1 is 1.03 bits per heavy atom. The van der Waals surface area contributed by atoms with Crippen molar-refractivity contribution in [3.63, 3.8) is 0 Å². The van der Waals surface area contributed by atoms with Crippen LogP contribution in [0, 0.1) is 17.8 Å². The molecule has 3 heterocycles. The molecule has 4 rings (SSSR count). The summed E-state index contributed by atoms with van der Waals surface area (Å²) in [5.74, 6) is -2.13. The molecule has 2 amide bonds. The highest BCUT2D eigenvalue weighted by Crippen LogP contribution is 2.52. The van der Waals surface area contributed by atoms with Gasteiger partial charge < -0.3 is 36.1 Å². The summed E-state index contributed by atoms with van der Waals surface area (Å²) in [5.41, 5.74) is 7.23. The standard InChI is InChI=1S/C21H23Br2N7O4/c1-34-20(33)17-12(7-28-19(32)14-3-10(23)5-26-14)11(16(17)15-8-29-21(24)30-15)6-27-18(31)13-2-9(22)4-25-13/h2-5,8,11-12,16-17,25-26H,6-7H2,1H3,(H,27,31)(H,28,32)(H3,24,29,30)/t11-,12-,16-,17+/m1/s1. The van der Waals surface area contributed by atoms with Crippen molar-refractivity contribution in [3.8, 4) is 0 Å². The first-order chi connectivity index (χ1) is 16.3. The molecule has 3 aromatic rings. The van der Waals surface area contributed by atoms with E-state index in [0.717, 1.165) is 8.95 Å². The molecule has 0 aromatic carbocycles. The largest absolute Gasteiger partial charge is 0.469 e. The molecule has 3 aromatic heterocycles. The third kappa shape index (κ3) is 4.89. The Morgan fingerprint density at radius 2 is 1.59 bits per heavy atom. The number of methoxy groups -OCH3 is 1. The summed E-state index contributed by atoms with van der Waals surface area (Å²) < 4.78 is 6.57. The summed E-state index contributed by atoms with van der Waals surface area (Å²) in [7, 11) is 1.32. The van der Waals surface area contributed by atoms with Gasteiger partial charge in [-0.05, 0) is 55.8 Å². The number of aromatic amines is 3. The highest BCUT2D eigenvalue weighted by Gasteiger charge is 2.55. The maximum atomic E-state index is 12.7. The predicted octanol–water partition coefficient (Wildman–Crippen LogP) is 2.15. The summed E-state index contributed by atoms with van der Waals surface area (Å²) in [6.45, 7) is 0.477. The maximum absolute atomic E-state index is 12.7. The second kappa shape index (κ2) is 10.1. The molecule has 0 unspecified atom stereocenters. The number of imidazole rings is 1. The monoisotopic (exact) mass is 595 g/mol. The molecule has 1 saturated carbocycles. The lowest BCUT2D eigenvalue weighted by Gasteiger charge is -2.50. The highest BCUT2D eigenvalue weighted by atomic mass is 79.9. The van der Waals surface area contributed by atoms with Crippen molar-refractivity contribution in [1.82, 2.24) is 30.6 Å². The van der Waals surface area contributed by atoms with Crippen LogP contribution in [-0.2, 0) is 9.53 Å². The van der Waals surface area contributed by atoms with Crippen molar-refractivity contribution in [2.45, 2.75) is 5.92 Å². The minimum Gasteiger partial charge on any atom is -0.469 e. The Morgan fingerprint density at radius 3 is 2.03 bits per heavy atom. The van der Waals surface area contributed by atoms with Gasteiger partial charge in [0, 0.05) is 46.0 Å². The highest BCUT2D eigenvalue weighted by molar-refractivity contribution is 9.10. The molecule has 4 atom stereocenters. The van der Waals surface area contributed by atoms with E-state index in [1.54, 1.807) is 30.7 Å². The fourth-order valence-corrected chi connectivity index (χ4v) is 5.18. The van der Waals surface area contributed by atoms with Gasteiger partial charge in [-0.3, -0.25) is 14.4 Å². The van der Waals surface area contributed by atoms with E-state index in [1.807, 2.05) is 0 Å². The van der Waals surface area contributed by atoms with E-state index in [-0.39, 0.29) is 48.6 Å². The van der Waals surface area contributed by atoms with Gasteiger partial charge in [0.25, 0.3) is 11.8 Å². The van der Waals surface area contributed by atoms with Crippen LogP contribution in [-0.4, -0.2) is 57.9 Å². The number of esters is 1. The molecular weight excluding hydrogens is 574 g/mol. The summed E-state index contributed by atoms with van der Waals surface area (Å²) in [6, 6.07) is 3.34. The molecule has 1 aliphatic carbocycles. The van der Waals surface area contributed by atoms with Crippen LogP contribution in [0.15, 0.2) is 39.7 Å². The maximum Gasteiger partial charge on any atom is 0.309 e. The molecule has 7 N–H and O–H groups in total. The zero-order chi connectivity index (χ0) is 24.4. The van der Waals surface area contributed by atoms with Gasteiger partial charge in [-0.15, -0.1) is 0 Å². The third-order valence-electron chi connectivity index (χ3n) is 6.09. The fraction of sp³-hybridized carbons (Fsp3) is 0.333. The smallest absolute Gasteiger partial charge is 0.309 e. The Hall–Kier alpha value is -3.06. The molecule has 13 heteroatoms. The van der Waals surface area contributed by atoms with Crippen LogP contribution in [0.1, 0.15) is 32.6 Å². The first-order valence-electron chi connectivity index (χ1n) is 10.4. The van der Waals surface area contributed by atoms with Crippen LogP contribution in [0.2, 0.25) is 0 Å². The van der Waals surface area contributed by atoms with Gasteiger partial charge in [0.2, 0.25) is 0 Å². The Labute approximate surface area is 211 Å². The number of nitrogens with zero attached hydrogens (tertiary/aromatic N) is 1. The van der Waals surface area contributed by atoms with E-state index in [1.165, 1.54) is 7.11 Å². The molecule has 11 nitrogen and oxygen atoms in total. The second-order valence-corrected chi connectivity index (χ2v) is 9.84. The number of nitrogen functional groups attached to an aromatic ring is 1. The average molecular weight is 597 g/mol. The minimum absolute atomic E-state index is 0.193.